The number of benzene rings is 1. The Labute approximate surface area is 137 Å². The number of allylic oxidation sites excluding steroid dienone is 2. The number of ether oxygens (including phenoxy) is 1. The molecule has 0 spiro atoms. The van der Waals surface area contributed by atoms with E-state index in [1.165, 1.54) is 5.57 Å². The molecular weight excluding hydrogens is 292 g/mol. The van der Waals surface area contributed by atoms with Gasteiger partial charge in [0.15, 0.2) is 0 Å². The Kier molecular flexibility index (Phi) is 4.95. The Hall–Kier alpha value is -2.07. The monoisotopic (exact) mass is 316 g/mol. The molecule has 0 saturated heterocycles. The van der Waals surface area contributed by atoms with Crippen LogP contribution in [0.15, 0.2) is 29.9 Å². The molecule has 2 N–H and O–H groups in total. The van der Waals surface area contributed by atoms with E-state index in [1.807, 2.05) is 39.8 Å². The number of aliphatic carboxylic acids is 1. The van der Waals surface area contributed by atoms with Crippen molar-refractivity contribution < 1.29 is 19.7 Å². The van der Waals surface area contributed by atoms with E-state index < -0.39 is 17.7 Å². The summed E-state index contributed by atoms with van der Waals surface area (Å²) in [7, 11) is 0. The maximum Gasteiger partial charge on any atom is 0.328 e. The molecule has 124 valence electrons. The lowest BCUT2D eigenvalue weighted by Gasteiger charge is -2.38. The zero-order chi connectivity index (χ0) is 17.2. The number of aliphatic hydroxyl groups excluding tert-OH is 1. The summed E-state index contributed by atoms with van der Waals surface area (Å²) in [4.78, 5) is 10.7. The molecule has 0 radical (unpaired) electrons. The molecule has 1 aromatic rings. The summed E-state index contributed by atoms with van der Waals surface area (Å²) < 4.78 is 6.06. The van der Waals surface area contributed by atoms with Gasteiger partial charge in [-0.15, -0.1) is 0 Å². The number of hydrogen-bond donors (Lipinski definition) is 2. The lowest BCUT2D eigenvalue weighted by molar-refractivity contribution is -0.131. The largest absolute Gasteiger partial charge is 0.485 e. The highest BCUT2D eigenvalue weighted by molar-refractivity contribution is 5.85. The van der Waals surface area contributed by atoms with Crippen molar-refractivity contribution in [3.8, 4) is 5.75 Å². The SMILES string of the molecule is CC(C)=CCc1cc(C=CC(=O)O)cc2c1OC(C)(C)[C@H](O)C2. The van der Waals surface area contributed by atoms with Crippen LogP contribution in [-0.4, -0.2) is 27.9 Å². The number of rotatable bonds is 4. The van der Waals surface area contributed by atoms with Crippen molar-refractivity contribution in [1.29, 1.82) is 0 Å². The van der Waals surface area contributed by atoms with Crippen LogP contribution in [0, 0.1) is 0 Å². The predicted molar refractivity (Wildman–Crippen MR) is 90.7 cm³/mol. The van der Waals surface area contributed by atoms with Gasteiger partial charge in [0, 0.05) is 12.5 Å². The number of hydrogen-bond acceptors (Lipinski definition) is 3. The molecule has 0 bridgehead atoms. The summed E-state index contributed by atoms with van der Waals surface area (Å²) in [5.41, 5.74) is 3.31. The smallest absolute Gasteiger partial charge is 0.328 e. The van der Waals surface area contributed by atoms with Gasteiger partial charge in [-0.05, 0) is 69.0 Å². The summed E-state index contributed by atoms with van der Waals surface area (Å²) in [6.45, 7) is 7.83. The van der Waals surface area contributed by atoms with Crippen molar-refractivity contribution in [2.24, 2.45) is 0 Å². The van der Waals surface area contributed by atoms with E-state index in [9.17, 15) is 9.90 Å². The van der Waals surface area contributed by atoms with Crippen molar-refractivity contribution in [2.75, 3.05) is 0 Å². The highest BCUT2D eigenvalue weighted by Crippen LogP contribution is 2.37. The van der Waals surface area contributed by atoms with Crippen LogP contribution in [0.25, 0.3) is 6.08 Å². The molecule has 0 aromatic heterocycles. The first kappa shape index (κ1) is 17.3. The van der Waals surface area contributed by atoms with E-state index in [2.05, 4.69) is 6.08 Å². The number of carbonyl (C=O) groups is 1. The second kappa shape index (κ2) is 6.59. The van der Waals surface area contributed by atoms with Gasteiger partial charge in [0.25, 0.3) is 0 Å². The molecule has 1 aliphatic rings. The number of aliphatic hydroxyl groups is 1. The summed E-state index contributed by atoms with van der Waals surface area (Å²) in [6, 6.07) is 3.84. The van der Waals surface area contributed by atoms with Crippen LogP contribution in [0.5, 0.6) is 5.75 Å². The highest BCUT2D eigenvalue weighted by atomic mass is 16.5. The van der Waals surface area contributed by atoms with Crippen molar-refractivity contribution in [3.63, 3.8) is 0 Å². The quantitative estimate of drug-likeness (QED) is 0.660. The fourth-order valence-corrected chi connectivity index (χ4v) is 2.58. The van der Waals surface area contributed by atoms with Gasteiger partial charge in [-0.25, -0.2) is 4.79 Å². The summed E-state index contributed by atoms with van der Waals surface area (Å²) in [5, 5.41) is 19.1. The fraction of sp³-hybridized carbons (Fsp3) is 0.421. The third kappa shape index (κ3) is 4.23. The highest BCUT2D eigenvalue weighted by Gasteiger charge is 2.36. The van der Waals surface area contributed by atoms with Gasteiger partial charge in [0.05, 0.1) is 6.10 Å². The summed E-state index contributed by atoms with van der Waals surface area (Å²) in [5.74, 6) is -0.170. The van der Waals surface area contributed by atoms with Gasteiger partial charge >= 0.3 is 5.97 Å². The minimum atomic E-state index is -0.981. The fourth-order valence-electron chi connectivity index (χ4n) is 2.58. The Morgan fingerprint density at radius 1 is 1.39 bits per heavy atom. The molecule has 1 aromatic carbocycles. The molecule has 1 aliphatic heterocycles. The third-order valence-electron chi connectivity index (χ3n) is 3.99. The number of carboxylic acid groups (broad SMARTS) is 1. The minimum absolute atomic E-state index is 0.499. The van der Waals surface area contributed by atoms with Crippen LogP contribution in [0.2, 0.25) is 0 Å². The molecule has 4 heteroatoms. The first-order valence-corrected chi connectivity index (χ1v) is 7.76. The topological polar surface area (TPSA) is 66.8 Å². The van der Waals surface area contributed by atoms with Gasteiger partial charge < -0.3 is 14.9 Å². The van der Waals surface area contributed by atoms with Crippen LogP contribution in [0.1, 0.15) is 44.4 Å². The van der Waals surface area contributed by atoms with E-state index in [0.29, 0.717) is 12.8 Å². The van der Waals surface area contributed by atoms with E-state index >= 15 is 0 Å². The molecule has 1 atom stereocenters. The number of fused-ring (bicyclic) bond motifs is 1. The maximum atomic E-state index is 10.7. The van der Waals surface area contributed by atoms with Gasteiger partial charge in [-0.3, -0.25) is 0 Å². The lowest BCUT2D eigenvalue weighted by atomic mass is 9.88. The van der Waals surface area contributed by atoms with Gasteiger partial charge in [0.1, 0.15) is 11.4 Å². The maximum absolute atomic E-state index is 10.7. The normalized spacial score (nSPS) is 19.1. The molecule has 23 heavy (non-hydrogen) atoms. The third-order valence-corrected chi connectivity index (χ3v) is 3.99. The van der Waals surface area contributed by atoms with E-state index in [1.54, 1.807) is 6.08 Å². The summed E-state index contributed by atoms with van der Waals surface area (Å²) in [6.07, 6.45) is 5.42. The first-order chi connectivity index (χ1) is 10.7. The second-order valence-electron chi connectivity index (χ2n) is 6.75. The van der Waals surface area contributed by atoms with Crippen molar-refractivity contribution in [1.82, 2.24) is 0 Å². The van der Waals surface area contributed by atoms with Crippen molar-refractivity contribution in [3.05, 3.63) is 46.5 Å². The Morgan fingerprint density at radius 3 is 2.70 bits per heavy atom. The first-order valence-electron chi connectivity index (χ1n) is 7.76. The Balaban J connectivity index is 2.49. The van der Waals surface area contributed by atoms with Crippen LogP contribution in [0.4, 0.5) is 0 Å². The molecule has 0 unspecified atom stereocenters. The van der Waals surface area contributed by atoms with Gasteiger partial charge in [-0.2, -0.15) is 0 Å². The van der Waals surface area contributed by atoms with E-state index in [-0.39, 0.29) is 0 Å². The molecule has 0 fully saturated rings. The Morgan fingerprint density at radius 2 is 2.09 bits per heavy atom. The van der Waals surface area contributed by atoms with Crippen molar-refractivity contribution in [2.45, 2.75) is 52.2 Å². The standard InChI is InChI=1S/C19H24O4/c1-12(2)5-7-14-9-13(6-8-17(21)22)10-15-11-16(20)19(3,4)23-18(14)15/h5-6,8-10,16,20H,7,11H2,1-4H3,(H,21,22)/t16-/m1/s1. The lowest BCUT2D eigenvalue weighted by Crippen LogP contribution is -2.46. The van der Waals surface area contributed by atoms with Crippen LogP contribution in [-0.2, 0) is 17.6 Å². The van der Waals surface area contributed by atoms with E-state index in [4.69, 9.17) is 9.84 Å². The zero-order valence-electron chi connectivity index (χ0n) is 14.1. The minimum Gasteiger partial charge on any atom is -0.485 e. The number of carboxylic acids is 1. The van der Waals surface area contributed by atoms with Gasteiger partial charge in [0.2, 0.25) is 0 Å². The van der Waals surface area contributed by atoms with Crippen molar-refractivity contribution >= 4 is 12.0 Å². The van der Waals surface area contributed by atoms with Crippen LogP contribution in [0.3, 0.4) is 0 Å². The molecule has 0 amide bonds. The van der Waals surface area contributed by atoms with Gasteiger partial charge in [-0.1, -0.05) is 11.6 Å². The average molecular weight is 316 g/mol. The Bertz CT molecular complexity index is 664. The molecule has 0 saturated carbocycles. The molecular formula is C19H24O4. The van der Waals surface area contributed by atoms with E-state index in [0.717, 1.165) is 28.5 Å². The summed E-state index contributed by atoms with van der Waals surface area (Å²) >= 11 is 0. The second-order valence-corrected chi connectivity index (χ2v) is 6.75. The molecule has 0 aliphatic carbocycles. The molecule has 2 rings (SSSR count). The predicted octanol–water partition coefficient (Wildman–Crippen LogP) is 3.37. The van der Waals surface area contributed by atoms with Crippen LogP contribution < -0.4 is 4.74 Å². The van der Waals surface area contributed by atoms with Crippen LogP contribution >= 0.6 is 0 Å². The zero-order valence-corrected chi connectivity index (χ0v) is 14.1. The molecule has 4 nitrogen and oxygen atoms in total. The molecule has 1 heterocycles. The average Bonchev–Trinajstić information content (AvgIpc) is 2.44.